The van der Waals surface area contributed by atoms with Gasteiger partial charge in [-0.05, 0) is 35.9 Å². The largest absolute Gasteiger partial charge is 0.416 e. The van der Waals surface area contributed by atoms with E-state index in [4.69, 9.17) is 0 Å². The Morgan fingerprint density at radius 1 is 1.10 bits per heavy atom. The summed E-state index contributed by atoms with van der Waals surface area (Å²) in [7, 11) is 0. The van der Waals surface area contributed by atoms with Gasteiger partial charge in [0.1, 0.15) is 11.3 Å². The SMILES string of the molecule is Cl.Cl.O=C1NC(NCc2ccc(C(F)(F)F)cc2)=NC1=Cc1c[nH]c2ncccc12. The van der Waals surface area contributed by atoms with Crippen molar-refractivity contribution in [3.8, 4) is 0 Å². The van der Waals surface area contributed by atoms with E-state index in [-0.39, 0.29) is 48.9 Å². The van der Waals surface area contributed by atoms with Gasteiger partial charge in [0.05, 0.1) is 5.56 Å². The van der Waals surface area contributed by atoms with Gasteiger partial charge in [0.2, 0.25) is 5.96 Å². The number of aliphatic imine (C=N–C) groups is 1. The van der Waals surface area contributed by atoms with Gasteiger partial charge in [-0.25, -0.2) is 9.98 Å². The minimum Gasteiger partial charge on any atom is -0.352 e. The standard InChI is InChI=1S/C19H14F3N5O.2ClH/c20-19(21,22)13-5-3-11(4-6-13)9-25-18-26-15(17(28)27-18)8-12-10-24-16-14(12)2-1-7-23-16;;/h1-8,10H,9H2,(H,23,24)(H2,25,26,27,28);2*1H. The maximum atomic E-state index is 12.6. The molecule has 6 nitrogen and oxygen atoms in total. The average molecular weight is 458 g/mol. The van der Waals surface area contributed by atoms with Crippen LogP contribution in [0.3, 0.4) is 0 Å². The van der Waals surface area contributed by atoms with Crippen molar-refractivity contribution in [2.75, 3.05) is 0 Å². The van der Waals surface area contributed by atoms with E-state index in [1.165, 1.54) is 12.1 Å². The molecule has 1 aromatic carbocycles. The van der Waals surface area contributed by atoms with Crippen LogP contribution in [0.2, 0.25) is 0 Å². The number of fused-ring (bicyclic) bond motifs is 1. The number of rotatable bonds is 3. The summed E-state index contributed by atoms with van der Waals surface area (Å²) in [5.74, 6) is -0.123. The van der Waals surface area contributed by atoms with Gasteiger partial charge in [-0.15, -0.1) is 24.8 Å². The Labute approximate surface area is 181 Å². The molecule has 1 aliphatic rings. The zero-order valence-corrected chi connectivity index (χ0v) is 16.8. The lowest BCUT2D eigenvalue weighted by Crippen LogP contribution is -2.35. The summed E-state index contributed by atoms with van der Waals surface area (Å²) in [4.78, 5) is 23.6. The normalized spacial score (nSPS) is 14.7. The van der Waals surface area contributed by atoms with E-state index in [1.807, 2.05) is 6.07 Å². The van der Waals surface area contributed by atoms with E-state index in [2.05, 4.69) is 25.6 Å². The molecule has 1 amide bonds. The van der Waals surface area contributed by atoms with E-state index in [0.717, 1.165) is 23.1 Å². The van der Waals surface area contributed by atoms with Crippen molar-refractivity contribution in [3.05, 3.63) is 71.2 Å². The minimum absolute atomic E-state index is 0. The Bertz CT molecular complexity index is 1110. The highest BCUT2D eigenvalue weighted by molar-refractivity contribution is 6.14. The molecule has 0 atom stereocenters. The fraction of sp³-hybridized carbons (Fsp3) is 0.105. The highest BCUT2D eigenvalue weighted by Crippen LogP contribution is 2.29. The number of pyridine rings is 1. The molecule has 0 bridgehead atoms. The van der Waals surface area contributed by atoms with Crippen LogP contribution in [0, 0.1) is 0 Å². The number of guanidine groups is 1. The summed E-state index contributed by atoms with van der Waals surface area (Å²) in [5, 5.41) is 6.37. The predicted molar refractivity (Wildman–Crippen MR) is 112 cm³/mol. The van der Waals surface area contributed by atoms with E-state index in [0.29, 0.717) is 11.2 Å². The summed E-state index contributed by atoms with van der Waals surface area (Å²) in [6, 6.07) is 8.47. The zero-order valence-electron chi connectivity index (χ0n) is 15.2. The number of benzene rings is 1. The molecule has 3 N–H and O–H groups in total. The van der Waals surface area contributed by atoms with Crippen LogP contribution in [0.1, 0.15) is 16.7 Å². The van der Waals surface area contributed by atoms with Crippen LogP contribution in [0.25, 0.3) is 17.1 Å². The third-order valence-corrected chi connectivity index (χ3v) is 4.21. The monoisotopic (exact) mass is 457 g/mol. The van der Waals surface area contributed by atoms with Crippen LogP contribution in [-0.4, -0.2) is 21.8 Å². The van der Waals surface area contributed by atoms with E-state index >= 15 is 0 Å². The summed E-state index contributed by atoms with van der Waals surface area (Å²) in [6.07, 6.45) is 0.677. The minimum atomic E-state index is -4.37. The highest BCUT2D eigenvalue weighted by Gasteiger charge is 2.30. The lowest BCUT2D eigenvalue weighted by molar-refractivity contribution is -0.137. The topological polar surface area (TPSA) is 82.2 Å². The second-order valence-electron chi connectivity index (χ2n) is 6.14. The zero-order chi connectivity index (χ0) is 19.7. The van der Waals surface area contributed by atoms with Crippen LogP contribution in [-0.2, 0) is 17.5 Å². The molecule has 0 saturated carbocycles. The molecule has 30 heavy (non-hydrogen) atoms. The number of carbonyl (C=O) groups excluding carboxylic acids is 1. The average Bonchev–Trinajstić information content (AvgIpc) is 3.24. The second kappa shape index (κ2) is 9.19. The van der Waals surface area contributed by atoms with Gasteiger partial charge in [0.25, 0.3) is 5.91 Å². The van der Waals surface area contributed by atoms with Gasteiger partial charge in [0, 0.05) is 29.9 Å². The maximum absolute atomic E-state index is 12.6. The molecule has 2 aromatic heterocycles. The van der Waals surface area contributed by atoms with Gasteiger partial charge >= 0.3 is 6.18 Å². The number of hydrogen-bond donors (Lipinski definition) is 3. The van der Waals surface area contributed by atoms with E-state index < -0.39 is 11.7 Å². The second-order valence-corrected chi connectivity index (χ2v) is 6.14. The van der Waals surface area contributed by atoms with Crippen LogP contribution in [0.4, 0.5) is 13.2 Å². The van der Waals surface area contributed by atoms with Crippen LogP contribution in [0.5, 0.6) is 0 Å². The number of nitrogens with one attached hydrogen (secondary N) is 3. The summed E-state index contributed by atoms with van der Waals surface area (Å²) < 4.78 is 37.8. The van der Waals surface area contributed by atoms with Crippen LogP contribution >= 0.6 is 24.8 Å². The van der Waals surface area contributed by atoms with E-state index in [9.17, 15) is 18.0 Å². The predicted octanol–water partition coefficient (Wildman–Crippen LogP) is 4.04. The molecule has 4 rings (SSSR count). The molecule has 1 aliphatic heterocycles. The molecular weight excluding hydrogens is 442 g/mol. The molecule has 3 heterocycles. The molecule has 11 heteroatoms. The number of carbonyl (C=O) groups is 1. The Kier molecular flexibility index (Phi) is 7.12. The van der Waals surface area contributed by atoms with Gasteiger partial charge in [-0.3, -0.25) is 10.1 Å². The number of alkyl halides is 3. The van der Waals surface area contributed by atoms with Crippen molar-refractivity contribution in [1.82, 2.24) is 20.6 Å². The maximum Gasteiger partial charge on any atom is 0.416 e. The van der Waals surface area contributed by atoms with Crippen LogP contribution < -0.4 is 10.6 Å². The van der Waals surface area contributed by atoms with E-state index in [1.54, 1.807) is 24.5 Å². The highest BCUT2D eigenvalue weighted by atomic mass is 35.5. The third kappa shape index (κ3) is 4.92. The molecule has 158 valence electrons. The lowest BCUT2D eigenvalue weighted by atomic mass is 10.1. The number of hydrogen-bond acceptors (Lipinski definition) is 4. The van der Waals surface area contributed by atoms with Crippen molar-refractivity contribution in [3.63, 3.8) is 0 Å². The number of nitrogens with zero attached hydrogens (tertiary/aromatic N) is 2. The number of aromatic amines is 1. The number of amides is 1. The summed E-state index contributed by atoms with van der Waals surface area (Å²) >= 11 is 0. The molecule has 0 radical (unpaired) electrons. The molecule has 0 aliphatic carbocycles. The number of H-pyrrole nitrogens is 1. The van der Waals surface area contributed by atoms with Gasteiger partial charge in [0.15, 0.2) is 0 Å². The first-order chi connectivity index (χ1) is 13.4. The first kappa shape index (κ1) is 23.2. The van der Waals surface area contributed by atoms with Crippen molar-refractivity contribution in [1.29, 1.82) is 0 Å². The first-order valence-electron chi connectivity index (χ1n) is 8.34. The first-order valence-corrected chi connectivity index (χ1v) is 8.34. The molecule has 0 unspecified atom stereocenters. The molecule has 3 aromatic rings. The fourth-order valence-corrected chi connectivity index (χ4v) is 2.79. The molecular formula is C19H16Cl2F3N5O. The molecule has 0 fully saturated rings. The van der Waals surface area contributed by atoms with Crippen molar-refractivity contribution < 1.29 is 18.0 Å². The Morgan fingerprint density at radius 2 is 1.83 bits per heavy atom. The lowest BCUT2D eigenvalue weighted by Gasteiger charge is -2.08. The van der Waals surface area contributed by atoms with Crippen molar-refractivity contribution in [2.24, 2.45) is 4.99 Å². The smallest absolute Gasteiger partial charge is 0.352 e. The van der Waals surface area contributed by atoms with Crippen LogP contribution in [0.15, 0.2) is 59.5 Å². The Balaban J connectivity index is 0.00000160. The fourth-order valence-electron chi connectivity index (χ4n) is 2.79. The molecule has 0 spiro atoms. The quantitative estimate of drug-likeness (QED) is 0.519. The van der Waals surface area contributed by atoms with Crippen molar-refractivity contribution >= 4 is 53.8 Å². The summed E-state index contributed by atoms with van der Waals surface area (Å²) in [5.41, 5.74) is 1.63. The molecule has 0 saturated heterocycles. The number of halogens is 5. The van der Waals surface area contributed by atoms with Gasteiger partial charge in [-0.1, -0.05) is 12.1 Å². The Hall–Kier alpha value is -3.04. The summed E-state index contributed by atoms with van der Waals surface area (Å²) in [6.45, 7) is 0.224. The third-order valence-electron chi connectivity index (χ3n) is 4.21. The van der Waals surface area contributed by atoms with Crippen molar-refractivity contribution in [2.45, 2.75) is 12.7 Å². The number of aromatic nitrogens is 2. The van der Waals surface area contributed by atoms with Gasteiger partial charge in [-0.2, -0.15) is 13.2 Å². The Morgan fingerprint density at radius 3 is 2.53 bits per heavy atom. The van der Waals surface area contributed by atoms with Gasteiger partial charge < -0.3 is 10.3 Å².